The molecule has 2 aliphatic heterocycles. The minimum atomic E-state index is -1.01. The molecule has 272 valence electrons. The molecule has 52 heavy (non-hydrogen) atoms. The van der Waals surface area contributed by atoms with Crippen LogP contribution in [0.25, 0.3) is 11.1 Å². The first-order valence-electron chi connectivity index (χ1n) is 17.6. The third kappa shape index (κ3) is 9.01. The van der Waals surface area contributed by atoms with Crippen LogP contribution in [0.2, 0.25) is 0 Å². The van der Waals surface area contributed by atoms with E-state index in [0.29, 0.717) is 6.54 Å². The number of aliphatic hydroxyl groups is 1. The number of nitrogens with zero attached hydrogens (tertiary/aromatic N) is 3. The summed E-state index contributed by atoms with van der Waals surface area (Å²) in [4.78, 5) is 38.4. The minimum absolute atomic E-state index is 0.0285. The van der Waals surface area contributed by atoms with Crippen LogP contribution in [-0.2, 0) is 32.2 Å². The van der Waals surface area contributed by atoms with E-state index in [1.807, 2.05) is 84.9 Å². The van der Waals surface area contributed by atoms with Gasteiger partial charge in [-0.2, -0.15) is 0 Å². The van der Waals surface area contributed by atoms with E-state index in [4.69, 9.17) is 14.6 Å². The van der Waals surface area contributed by atoms with Crippen LogP contribution in [0, 0.1) is 16.0 Å². The summed E-state index contributed by atoms with van der Waals surface area (Å²) in [6.07, 6.45) is -1.29. The maximum atomic E-state index is 12.2. The maximum absolute atomic E-state index is 12.2. The number of ether oxygens (including phenoxy) is 2. The van der Waals surface area contributed by atoms with Gasteiger partial charge >= 0.3 is 5.97 Å². The zero-order chi connectivity index (χ0) is 36.6. The summed E-state index contributed by atoms with van der Waals surface area (Å²) in [7, 11) is 0. The van der Waals surface area contributed by atoms with Crippen molar-refractivity contribution in [3.8, 4) is 11.1 Å². The fourth-order valence-electron chi connectivity index (χ4n) is 6.83. The van der Waals surface area contributed by atoms with Crippen molar-refractivity contribution in [2.45, 2.75) is 51.4 Å². The van der Waals surface area contributed by atoms with Crippen LogP contribution in [-0.4, -0.2) is 70.7 Å². The predicted molar refractivity (Wildman–Crippen MR) is 195 cm³/mol. The largest absolute Gasteiger partial charge is 0.481 e. The Hall–Kier alpha value is -5.14. The summed E-state index contributed by atoms with van der Waals surface area (Å²) in [5.41, 5.74) is 6.61. The van der Waals surface area contributed by atoms with Crippen LogP contribution in [0.1, 0.15) is 54.4 Å². The quantitative estimate of drug-likeness (QED) is 0.114. The predicted octanol–water partition coefficient (Wildman–Crippen LogP) is 5.85. The lowest BCUT2D eigenvalue weighted by atomic mass is 9.89. The van der Waals surface area contributed by atoms with Crippen molar-refractivity contribution in [2.75, 3.05) is 37.6 Å². The molecule has 2 aliphatic rings. The number of piperazine rings is 1. The molecule has 12 nitrogen and oxygen atoms in total. The molecule has 0 saturated carbocycles. The normalized spacial score (nSPS) is 20.7. The van der Waals surface area contributed by atoms with Crippen LogP contribution >= 0.6 is 0 Å². The number of nitrogens with one attached hydrogen (secondary N) is 1. The highest BCUT2D eigenvalue weighted by atomic mass is 16.7. The van der Waals surface area contributed by atoms with Crippen molar-refractivity contribution in [1.82, 2.24) is 10.2 Å². The number of aliphatic hydroxyl groups excluding tert-OH is 1. The third-order valence-corrected chi connectivity index (χ3v) is 9.91. The summed E-state index contributed by atoms with van der Waals surface area (Å²) in [6.45, 7) is 6.33. The highest BCUT2D eigenvalue weighted by Crippen LogP contribution is 2.42. The van der Waals surface area contributed by atoms with Gasteiger partial charge in [0.25, 0.3) is 5.69 Å². The Morgan fingerprint density at radius 3 is 2.19 bits per heavy atom. The van der Waals surface area contributed by atoms with Gasteiger partial charge in [-0.1, -0.05) is 79.7 Å². The van der Waals surface area contributed by atoms with Gasteiger partial charge in [0.15, 0.2) is 6.29 Å². The Morgan fingerprint density at radius 2 is 1.54 bits per heavy atom. The second-order valence-electron chi connectivity index (χ2n) is 13.3. The van der Waals surface area contributed by atoms with Gasteiger partial charge in [-0.15, -0.1) is 0 Å². The number of carbonyl (C=O) groups is 2. The number of carbonyl (C=O) groups excluding carboxylic acids is 1. The topological polar surface area (TPSA) is 155 Å². The number of benzene rings is 4. The lowest BCUT2D eigenvalue weighted by Gasteiger charge is -2.44. The number of nitro benzene ring substituents is 1. The van der Waals surface area contributed by atoms with Crippen LogP contribution in [0.5, 0.6) is 0 Å². The molecule has 2 saturated heterocycles. The average Bonchev–Trinajstić information content (AvgIpc) is 3.17. The van der Waals surface area contributed by atoms with Gasteiger partial charge in [0.1, 0.15) is 0 Å². The van der Waals surface area contributed by atoms with Crippen molar-refractivity contribution in [3.63, 3.8) is 0 Å². The van der Waals surface area contributed by atoms with E-state index in [2.05, 4.69) is 22.0 Å². The Morgan fingerprint density at radius 1 is 0.865 bits per heavy atom. The number of amides is 1. The first kappa shape index (κ1) is 36.6. The molecule has 2 heterocycles. The summed E-state index contributed by atoms with van der Waals surface area (Å²) >= 11 is 0. The van der Waals surface area contributed by atoms with Crippen LogP contribution < -0.4 is 10.2 Å². The van der Waals surface area contributed by atoms with E-state index < -0.39 is 12.3 Å². The average molecular weight is 709 g/mol. The maximum Gasteiger partial charge on any atom is 0.303 e. The zero-order valence-corrected chi connectivity index (χ0v) is 29.1. The van der Waals surface area contributed by atoms with Crippen LogP contribution in [0.15, 0.2) is 97.1 Å². The number of hydrogen-bond acceptors (Lipinski definition) is 9. The lowest BCUT2D eigenvalue weighted by molar-refractivity contribution is -0.384. The zero-order valence-electron chi connectivity index (χ0n) is 29.1. The first-order chi connectivity index (χ1) is 25.2. The van der Waals surface area contributed by atoms with Crippen molar-refractivity contribution >= 4 is 23.3 Å². The molecule has 4 aromatic carbocycles. The number of nitro groups is 1. The molecule has 0 aromatic heterocycles. The number of rotatable bonds is 13. The third-order valence-electron chi connectivity index (χ3n) is 9.91. The monoisotopic (exact) mass is 708 g/mol. The molecular weight excluding hydrogens is 664 g/mol. The molecule has 0 aliphatic carbocycles. The van der Waals surface area contributed by atoms with Gasteiger partial charge < -0.3 is 29.9 Å². The van der Waals surface area contributed by atoms with E-state index in [9.17, 15) is 24.8 Å². The Balaban J connectivity index is 1.16. The smallest absolute Gasteiger partial charge is 0.303 e. The second kappa shape index (κ2) is 16.9. The highest BCUT2D eigenvalue weighted by molar-refractivity contribution is 5.81. The van der Waals surface area contributed by atoms with Gasteiger partial charge in [0, 0.05) is 75.0 Å². The summed E-state index contributed by atoms with van der Waals surface area (Å²) < 4.78 is 13.4. The number of hydrogen-bond donors (Lipinski definition) is 3. The number of anilines is 1. The number of non-ortho nitro benzene ring substituents is 1. The molecule has 2 fully saturated rings. The SMILES string of the molecule is C[C@H]1[C@@H](CN2CCN(c3ccc([N+](=O)[O-])cc3)CC2)O[C@@H](c2ccc(-c3ccccc3CNC(=O)CCC(=O)O)cc2)O[C@H]1c1ccc(CO)cc1. The molecule has 3 N–H and O–H groups in total. The Labute approximate surface area is 302 Å². The minimum Gasteiger partial charge on any atom is -0.481 e. The Kier molecular flexibility index (Phi) is 11.9. The molecule has 1 amide bonds. The van der Waals surface area contributed by atoms with E-state index in [1.165, 1.54) is 0 Å². The van der Waals surface area contributed by atoms with Gasteiger partial charge in [0.05, 0.1) is 30.2 Å². The second-order valence-corrected chi connectivity index (χ2v) is 13.3. The molecule has 0 bridgehead atoms. The first-order valence-corrected chi connectivity index (χ1v) is 17.6. The summed E-state index contributed by atoms with van der Waals surface area (Å²) in [6, 6.07) is 30.4. The van der Waals surface area contributed by atoms with Crippen LogP contribution in [0.3, 0.4) is 0 Å². The van der Waals surface area contributed by atoms with Gasteiger partial charge in [-0.05, 0) is 39.9 Å². The van der Waals surface area contributed by atoms with Crippen molar-refractivity contribution in [1.29, 1.82) is 0 Å². The van der Waals surface area contributed by atoms with E-state index in [0.717, 1.165) is 65.2 Å². The molecule has 4 aromatic rings. The highest BCUT2D eigenvalue weighted by Gasteiger charge is 2.39. The fourth-order valence-corrected chi connectivity index (χ4v) is 6.83. The Bertz CT molecular complexity index is 1830. The standard InChI is InChI=1S/C40H44N4O8/c1-27-36(25-42-20-22-43(23-21-42)33-14-16-34(17-15-33)44(49)50)51-40(52-39(27)30-8-6-28(26-45)7-9-30)31-12-10-29(11-13-31)35-5-3-2-4-32(35)24-41-37(46)18-19-38(47)48/h2-17,27,36,39-40,45H,18-26H2,1H3,(H,41,46)(H,47,48)/t27-,36+,39+,40+/m0/s1. The van der Waals surface area contributed by atoms with Crippen molar-refractivity contribution in [3.05, 3.63) is 129 Å². The van der Waals surface area contributed by atoms with Crippen molar-refractivity contribution in [2.24, 2.45) is 5.92 Å². The molecule has 12 heteroatoms. The molecule has 0 radical (unpaired) electrons. The number of carboxylic acid groups (broad SMARTS) is 1. The summed E-state index contributed by atoms with van der Waals surface area (Å²) in [5.74, 6) is -1.29. The number of aliphatic carboxylic acids is 1. The molecule has 0 spiro atoms. The fraction of sp³-hybridized carbons (Fsp3) is 0.350. The molecule has 6 rings (SSSR count). The summed E-state index contributed by atoms with van der Waals surface area (Å²) in [5, 5.41) is 32.4. The van der Waals surface area contributed by atoms with Gasteiger partial charge in [0.2, 0.25) is 5.91 Å². The van der Waals surface area contributed by atoms with E-state index >= 15 is 0 Å². The molecular formula is C40H44N4O8. The van der Waals surface area contributed by atoms with Crippen molar-refractivity contribution < 1.29 is 34.2 Å². The molecule has 0 unspecified atom stereocenters. The lowest BCUT2D eigenvalue weighted by Crippen LogP contribution is -2.51. The van der Waals surface area contributed by atoms with E-state index in [1.54, 1.807) is 12.1 Å². The number of carboxylic acids is 1. The van der Waals surface area contributed by atoms with Crippen LogP contribution in [0.4, 0.5) is 11.4 Å². The van der Waals surface area contributed by atoms with Gasteiger partial charge in [-0.3, -0.25) is 24.6 Å². The van der Waals surface area contributed by atoms with Gasteiger partial charge in [-0.25, -0.2) is 0 Å². The molecule has 4 atom stereocenters. The van der Waals surface area contributed by atoms with E-state index in [-0.39, 0.29) is 60.6 Å².